The Labute approximate surface area is 103 Å². The Morgan fingerprint density at radius 3 is 2.67 bits per heavy atom. The Hall–Kier alpha value is -2.51. The molecule has 0 aliphatic heterocycles. The Bertz CT molecular complexity index is 562. The van der Waals surface area contributed by atoms with E-state index < -0.39 is 5.91 Å². The first-order valence-corrected chi connectivity index (χ1v) is 5.17. The van der Waals surface area contributed by atoms with Gasteiger partial charge in [0.25, 0.3) is 5.91 Å². The average Bonchev–Trinajstić information content (AvgIpc) is 2.68. The number of ether oxygens (including phenoxy) is 1. The van der Waals surface area contributed by atoms with Crippen LogP contribution in [0.15, 0.2) is 12.1 Å². The zero-order valence-electron chi connectivity index (χ0n) is 10.2. The highest BCUT2D eigenvalue weighted by atomic mass is 16.5. The first kappa shape index (κ1) is 12.0. The summed E-state index contributed by atoms with van der Waals surface area (Å²) < 4.78 is 6.33. The number of aryl methyl sites for hydroxylation is 2. The number of nitrogens with zero attached hydrogens (tertiary/aromatic N) is 5. The number of aromatic nitrogens is 5. The molecule has 2 rings (SSSR count). The zero-order chi connectivity index (χ0) is 13.1. The van der Waals surface area contributed by atoms with Crippen molar-refractivity contribution >= 4 is 11.9 Å². The van der Waals surface area contributed by atoms with Gasteiger partial charge < -0.3 is 4.74 Å². The lowest BCUT2D eigenvalue weighted by atomic mass is 10.3. The minimum Gasteiger partial charge on any atom is -0.480 e. The number of hydrogen-bond acceptors (Lipinski definition) is 6. The number of carbonyl (C=O) groups is 1. The second-order valence-corrected chi connectivity index (χ2v) is 3.52. The van der Waals surface area contributed by atoms with Gasteiger partial charge in [-0.15, -0.1) is 10.2 Å². The van der Waals surface area contributed by atoms with Crippen molar-refractivity contribution in [2.24, 2.45) is 7.05 Å². The maximum absolute atomic E-state index is 11.8. The van der Waals surface area contributed by atoms with E-state index in [1.54, 1.807) is 20.0 Å². The molecule has 0 aliphatic carbocycles. The molecular weight excluding hydrogens is 236 g/mol. The first-order valence-electron chi connectivity index (χ1n) is 5.17. The Morgan fingerprint density at radius 2 is 2.17 bits per heavy atom. The maximum atomic E-state index is 11.8. The quantitative estimate of drug-likeness (QED) is 0.832. The lowest BCUT2D eigenvalue weighted by Gasteiger charge is -2.03. The van der Waals surface area contributed by atoms with Crippen LogP contribution in [0.1, 0.15) is 16.3 Å². The van der Waals surface area contributed by atoms with Gasteiger partial charge in [0, 0.05) is 13.1 Å². The van der Waals surface area contributed by atoms with Crippen molar-refractivity contribution in [1.82, 2.24) is 25.0 Å². The summed E-state index contributed by atoms with van der Waals surface area (Å²) in [6, 6.07) is 3.08. The van der Waals surface area contributed by atoms with E-state index in [1.165, 1.54) is 17.9 Å². The molecule has 0 radical (unpaired) electrons. The second-order valence-electron chi connectivity index (χ2n) is 3.52. The molecule has 94 valence electrons. The largest absolute Gasteiger partial charge is 0.480 e. The van der Waals surface area contributed by atoms with Crippen molar-refractivity contribution in [2.45, 2.75) is 6.92 Å². The molecule has 0 saturated heterocycles. The fourth-order valence-corrected chi connectivity index (χ4v) is 1.34. The highest BCUT2D eigenvalue weighted by Crippen LogP contribution is 2.07. The number of hydrogen-bond donors (Lipinski definition) is 1. The molecule has 8 heteroatoms. The molecule has 0 aliphatic rings. The van der Waals surface area contributed by atoms with Crippen LogP contribution in [0.25, 0.3) is 0 Å². The van der Waals surface area contributed by atoms with E-state index in [4.69, 9.17) is 4.74 Å². The third-order valence-corrected chi connectivity index (χ3v) is 2.18. The van der Waals surface area contributed by atoms with E-state index in [0.29, 0.717) is 17.7 Å². The molecule has 0 fully saturated rings. The predicted molar refractivity (Wildman–Crippen MR) is 62.3 cm³/mol. The van der Waals surface area contributed by atoms with Gasteiger partial charge in [-0.05, 0) is 13.0 Å². The van der Waals surface area contributed by atoms with Crippen LogP contribution in [0, 0.1) is 6.92 Å². The lowest BCUT2D eigenvalue weighted by Crippen LogP contribution is -2.17. The van der Waals surface area contributed by atoms with Gasteiger partial charge in [-0.1, -0.05) is 0 Å². The molecular formula is C10H12N6O2. The third-order valence-electron chi connectivity index (χ3n) is 2.18. The van der Waals surface area contributed by atoms with E-state index in [-0.39, 0.29) is 5.69 Å². The van der Waals surface area contributed by atoms with Crippen molar-refractivity contribution in [1.29, 1.82) is 0 Å². The number of carbonyl (C=O) groups excluding carboxylic acids is 1. The monoisotopic (exact) mass is 248 g/mol. The van der Waals surface area contributed by atoms with Crippen molar-refractivity contribution < 1.29 is 9.53 Å². The Balaban J connectivity index is 2.14. The van der Waals surface area contributed by atoms with Gasteiger partial charge in [0.1, 0.15) is 5.82 Å². The van der Waals surface area contributed by atoms with Crippen molar-refractivity contribution in [3.63, 3.8) is 0 Å². The van der Waals surface area contributed by atoms with Gasteiger partial charge in [-0.25, -0.2) is 4.68 Å². The van der Waals surface area contributed by atoms with Crippen LogP contribution in [0.4, 0.5) is 5.95 Å². The zero-order valence-corrected chi connectivity index (χ0v) is 10.2. The van der Waals surface area contributed by atoms with Crippen molar-refractivity contribution in [2.75, 3.05) is 12.4 Å². The van der Waals surface area contributed by atoms with Crippen LogP contribution in [-0.4, -0.2) is 38.0 Å². The minimum atomic E-state index is -0.402. The van der Waals surface area contributed by atoms with Gasteiger partial charge in [-0.3, -0.25) is 10.1 Å². The Kier molecular flexibility index (Phi) is 3.18. The molecule has 0 atom stereocenters. The molecule has 2 heterocycles. The standard InChI is InChI=1S/C10H12N6O2/c1-6-11-10(16(2)15-6)12-9(17)7-4-5-8(18-3)14-13-7/h4-5H,1-3H3,(H,11,12,15,17). The number of anilines is 1. The molecule has 0 unspecified atom stereocenters. The van der Waals surface area contributed by atoms with E-state index in [9.17, 15) is 4.79 Å². The molecule has 8 nitrogen and oxygen atoms in total. The smallest absolute Gasteiger partial charge is 0.278 e. The minimum absolute atomic E-state index is 0.177. The van der Waals surface area contributed by atoms with Crippen LogP contribution in [0.2, 0.25) is 0 Å². The van der Waals surface area contributed by atoms with Gasteiger partial charge in [0.2, 0.25) is 11.8 Å². The van der Waals surface area contributed by atoms with Crippen molar-refractivity contribution in [3.8, 4) is 5.88 Å². The number of amides is 1. The summed E-state index contributed by atoms with van der Waals surface area (Å²) >= 11 is 0. The SMILES string of the molecule is COc1ccc(C(=O)Nc2nc(C)nn2C)nn1. The van der Waals surface area contributed by atoms with Gasteiger partial charge in [-0.2, -0.15) is 10.1 Å². The van der Waals surface area contributed by atoms with Gasteiger partial charge in [0.15, 0.2) is 5.69 Å². The summed E-state index contributed by atoms with van der Waals surface area (Å²) in [4.78, 5) is 15.9. The van der Waals surface area contributed by atoms with E-state index in [1.807, 2.05) is 0 Å². The fourth-order valence-electron chi connectivity index (χ4n) is 1.34. The molecule has 0 saturated carbocycles. The molecule has 0 bridgehead atoms. The number of methoxy groups -OCH3 is 1. The van der Waals surface area contributed by atoms with Crippen LogP contribution >= 0.6 is 0 Å². The predicted octanol–water partition coefficient (Wildman–Crippen LogP) is 0.174. The van der Waals surface area contributed by atoms with Crippen LogP contribution in [0.3, 0.4) is 0 Å². The average molecular weight is 248 g/mol. The summed E-state index contributed by atoms with van der Waals surface area (Å²) in [6.07, 6.45) is 0. The second kappa shape index (κ2) is 4.78. The van der Waals surface area contributed by atoms with Gasteiger partial charge in [0.05, 0.1) is 7.11 Å². The van der Waals surface area contributed by atoms with E-state index in [2.05, 4.69) is 25.6 Å². The topological polar surface area (TPSA) is 94.8 Å². The third kappa shape index (κ3) is 2.42. The van der Waals surface area contributed by atoms with Crippen LogP contribution in [-0.2, 0) is 7.05 Å². The summed E-state index contributed by atoms with van der Waals surface area (Å²) in [7, 11) is 3.17. The van der Waals surface area contributed by atoms with Crippen molar-refractivity contribution in [3.05, 3.63) is 23.7 Å². The molecule has 1 amide bonds. The fraction of sp³-hybridized carbons (Fsp3) is 0.300. The summed E-state index contributed by atoms with van der Waals surface area (Å²) in [5.74, 6) is 0.880. The molecule has 2 aromatic heterocycles. The normalized spacial score (nSPS) is 10.2. The van der Waals surface area contributed by atoms with E-state index in [0.717, 1.165) is 0 Å². The molecule has 0 aromatic carbocycles. The lowest BCUT2D eigenvalue weighted by molar-refractivity contribution is 0.101. The molecule has 18 heavy (non-hydrogen) atoms. The summed E-state index contributed by atoms with van der Waals surface area (Å²) in [5, 5.41) is 14.1. The number of nitrogens with one attached hydrogen (secondary N) is 1. The first-order chi connectivity index (χ1) is 8.60. The van der Waals surface area contributed by atoms with Crippen LogP contribution < -0.4 is 10.1 Å². The number of rotatable bonds is 3. The molecule has 1 N–H and O–H groups in total. The highest BCUT2D eigenvalue weighted by molar-refractivity contribution is 6.01. The molecule has 0 spiro atoms. The highest BCUT2D eigenvalue weighted by Gasteiger charge is 2.12. The Morgan fingerprint density at radius 1 is 1.39 bits per heavy atom. The van der Waals surface area contributed by atoms with Crippen LogP contribution in [0.5, 0.6) is 5.88 Å². The maximum Gasteiger partial charge on any atom is 0.278 e. The molecule has 2 aromatic rings. The van der Waals surface area contributed by atoms with Gasteiger partial charge >= 0.3 is 0 Å². The summed E-state index contributed by atoms with van der Waals surface area (Å²) in [5.41, 5.74) is 0.177. The van der Waals surface area contributed by atoms with E-state index >= 15 is 0 Å². The summed E-state index contributed by atoms with van der Waals surface area (Å²) in [6.45, 7) is 1.74.